The lowest BCUT2D eigenvalue weighted by atomic mass is 9.99. The molecule has 2 aromatic carbocycles. The van der Waals surface area contributed by atoms with Gasteiger partial charge in [0.2, 0.25) is 5.78 Å². The first kappa shape index (κ1) is 15.9. The molecule has 0 aliphatic carbocycles. The van der Waals surface area contributed by atoms with Crippen molar-refractivity contribution in [2.75, 3.05) is 0 Å². The second-order valence-corrected chi connectivity index (χ2v) is 5.85. The molecule has 0 fully saturated rings. The Morgan fingerprint density at radius 3 is 2.67 bits per heavy atom. The summed E-state index contributed by atoms with van der Waals surface area (Å²) in [5.41, 5.74) is 3.35. The van der Waals surface area contributed by atoms with Gasteiger partial charge in [-0.1, -0.05) is 35.9 Å². The second kappa shape index (κ2) is 6.28. The third-order valence-electron chi connectivity index (χ3n) is 3.98. The van der Waals surface area contributed by atoms with Crippen molar-refractivity contribution in [1.82, 2.24) is 10.2 Å². The molecule has 0 aliphatic heterocycles. The van der Waals surface area contributed by atoms with Crippen molar-refractivity contribution in [3.8, 4) is 0 Å². The predicted molar refractivity (Wildman–Crippen MR) is 91.2 cm³/mol. The van der Waals surface area contributed by atoms with Crippen LogP contribution < -0.4 is 0 Å². The summed E-state index contributed by atoms with van der Waals surface area (Å²) >= 11 is 0. The Bertz CT molecular complexity index is 927. The van der Waals surface area contributed by atoms with Gasteiger partial charge in [-0.05, 0) is 38.5 Å². The van der Waals surface area contributed by atoms with Gasteiger partial charge >= 0.3 is 5.97 Å². The van der Waals surface area contributed by atoms with E-state index in [9.17, 15) is 9.59 Å². The quantitative estimate of drug-likeness (QED) is 0.588. The highest BCUT2D eigenvalue weighted by molar-refractivity contribution is 6.05. The highest BCUT2D eigenvalue weighted by Crippen LogP contribution is 2.18. The fourth-order valence-corrected chi connectivity index (χ4v) is 2.61. The third kappa shape index (κ3) is 2.93. The summed E-state index contributed by atoms with van der Waals surface area (Å²) < 4.78 is 5.34. The molecule has 0 spiro atoms. The predicted octanol–water partition coefficient (Wildman–Crippen LogP) is 3.61. The average molecular weight is 322 g/mol. The number of benzene rings is 2. The number of ether oxygens (including phenoxy) is 1. The van der Waals surface area contributed by atoms with Gasteiger partial charge in [-0.25, -0.2) is 4.79 Å². The highest BCUT2D eigenvalue weighted by atomic mass is 16.5. The molecule has 5 heteroatoms. The molecule has 0 saturated heterocycles. The Balaban J connectivity index is 1.81. The van der Waals surface area contributed by atoms with Crippen LogP contribution in [0.4, 0.5) is 0 Å². The zero-order chi connectivity index (χ0) is 17.3. The molecule has 122 valence electrons. The number of carbonyl (C=O) groups excluding carboxylic acids is 2. The Labute approximate surface area is 139 Å². The molecule has 0 unspecified atom stereocenters. The van der Waals surface area contributed by atoms with Crippen molar-refractivity contribution in [1.29, 1.82) is 0 Å². The first-order chi connectivity index (χ1) is 11.5. The fourth-order valence-electron chi connectivity index (χ4n) is 2.61. The number of ketones is 1. The number of rotatable bonds is 4. The molecule has 0 aliphatic rings. The Morgan fingerprint density at radius 2 is 1.88 bits per heavy atom. The number of fused-ring (bicyclic) bond motifs is 1. The molecule has 0 amide bonds. The van der Waals surface area contributed by atoms with Gasteiger partial charge in [0.05, 0.1) is 5.52 Å². The highest BCUT2D eigenvalue weighted by Gasteiger charge is 2.24. The molecule has 0 radical (unpaired) electrons. The van der Waals surface area contributed by atoms with E-state index < -0.39 is 12.1 Å². The van der Waals surface area contributed by atoms with Crippen LogP contribution in [0.25, 0.3) is 10.9 Å². The minimum Gasteiger partial charge on any atom is -0.449 e. The number of aryl methyl sites for hydroxylation is 2. The van der Waals surface area contributed by atoms with Crippen LogP contribution in [0.5, 0.6) is 0 Å². The molecule has 0 saturated carbocycles. The SMILES string of the molecule is Cc1ccc(C)c(C(=O)[C@H](C)OC(=O)c2n[nH]c3ccccc23)c1. The molecule has 1 N–H and O–H groups in total. The van der Waals surface area contributed by atoms with E-state index in [1.54, 1.807) is 13.0 Å². The molecule has 5 nitrogen and oxygen atoms in total. The maximum atomic E-state index is 12.6. The summed E-state index contributed by atoms with van der Waals surface area (Å²) in [7, 11) is 0. The molecule has 1 atom stereocenters. The lowest BCUT2D eigenvalue weighted by molar-refractivity contribution is 0.0314. The molecule has 3 aromatic rings. The van der Waals surface area contributed by atoms with Crippen molar-refractivity contribution < 1.29 is 14.3 Å². The third-order valence-corrected chi connectivity index (χ3v) is 3.98. The van der Waals surface area contributed by atoms with Crippen molar-refractivity contribution in [3.05, 3.63) is 64.8 Å². The largest absolute Gasteiger partial charge is 0.449 e. The number of nitrogens with zero attached hydrogens (tertiary/aromatic N) is 1. The lowest BCUT2D eigenvalue weighted by Gasteiger charge is -2.13. The minimum absolute atomic E-state index is 0.186. The molecular weight excluding hydrogens is 304 g/mol. The summed E-state index contributed by atoms with van der Waals surface area (Å²) in [5, 5.41) is 7.46. The Hall–Kier alpha value is -2.95. The van der Waals surface area contributed by atoms with Gasteiger partial charge in [-0.3, -0.25) is 9.89 Å². The number of esters is 1. The monoisotopic (exact) mass is 322 g/mol. The van der Waals surface area contributed by atoms with E-state index in [2.05, 4.69) is 10.2 Å². The van der Waals surface area contributed by atoms with Crippen LogP contribution in [0.2, 0.25) is 0 Å². The number of hydrogen-bond acceptors (Lipinski definition) is 4. The summed E-state index contributed by atoms with van der Waals surface area (Å²) in [6.07, 6.45) is -0.881. The molecule has 3 rings (SSSR count). The van der Waals surface area contributed by atoms with Gasteiger partial charge in [-0.15, -0.1) is 0 Å². The van der Waals surface area contributed by atoms with E-state index in [0.717, 1.165) is 16.6 Å². The number of para-hydroxylation sites is 1. The van der Waals surface area contributed by atoms with Crippen LogP contribution in [0.15, 0.2) is 42.5 Å². The number of aromatic amines is 1. The van der Waals surface area contributed by atoms with E-state index in [-0.39, 0.29) is 11.5 Å². The smallest absolute Gasteiger partial charge is 0.360 e. The lowest BCUT2D eigenvalue weighted by Crippen LogP contribution is -2.25. The van der Waals surface area contributed by atoms with E-state index in [1.165, 1.54) is 0 Å². The van der Waals surface area contributed by atoms with Crippen LogP contribution in [-0.4, -0.2) is 28.1 Å². The maximum absolute atomic E-state index is 12.6. The van der Waals surface area contributed by atoms with Crippen molar-refractivity contribution in [2.24, 2.45) is 0 Å². The second-order valence-electron chi connectivity index (χ2n) is 5.85. The average Bonchev–Trinajstić information content (AvgIpc) is 3.00. The van der Waals surface area contributed by atoms with Crippen molar-refractivity contribution >= 4 is 22.7 Å². The number of carbonyl (C=O) groups is 2. The van der Waals surface area contributed by atoms with Gasteiger partial charge in [0.15, 0.2) is 11.8 Å². The zero-order valence-corrected chi connectivity index (χ0v) is 13.8. The van der Waals surface area contributed by atoms with Crippen LogP contribution >= 0.6 is 0 Å². The number of Topliss-reactive ketones (excluding diaryl/α,β-unsaturated/α-hetero) is 1. The summed E-state index contributed by atoms with van der Waals surface area (Å²) in [5.74, 6) is -0.831. The first-order valence-electron chi connectivity index (χ1n) is 7.73. The topological polar surface area (TPSA) is 72.1 Å². The van der Waals surface area contributed by atoms with Gasteiger partial charge in [0.1, 0.15) is 0 Å². The maximum Gasteiger partial charge on any atom is 0.360 e. The van der Waals surface area contributed by atoms with E-state index in [4.69, 9.17) is 4.74 Å². The summed E-state index contributed by atoms with van der Waals surface area (Å²) in [6.45, 7) is 5.36. The first-order valence-corrected chi connectivity index (χ1v) is 7.73. The van der Waals surface area contributed by atoms with Crippen molar-refractivity contribution in [3.63, 3.8) is 0 Å². The molecule has 1 aromatic heterocycles. The zero-order valence-electron chi connectivity index (χ0n) is 13.8. The summed E-state index contributed by atoms with van der Waals surface area (Å²) in [6, 6.07) is 12.9. The van der Waals surface area contributed by atoms with E-state index in [1.807, 2.05) is 50.2 Å². The van der Waals surface area contributed by atoms with Crippen LogP contribution in [0.3, 0.4) is 0 Å². The van der Waals surface area contributed by atoms with Crippen molar-refractivity contribution in [2.45, 2.75) is 26.9 Å². The number of nitrogens with one attached hydrogen (secondary N) is 1. The number of aromatic nitrogens is 2. The number of hydrogen-bond donors (Lipinski definition) is 1. The molecular formula is C19H18N2O3. The van der Waals surface area contributed by atoms with Gasteiger partial charge < -0.3 is 4.74 Å². The van der Waals surface area contributed by atoms with Gasteiger partial charge in [0, 0.05) is 10.9 Å². The van der Waals surface area contributed by atoms with E-state index >= 15 is 0 Å². The van der Waals surface area contributed by atoms with Gasteiger partial charge in [-0.2, -0.15) is 5.10 Å². The Kier molecular flexibility index (Phi) is 4.16. The normalized spacial score (nSPS) is 12.1. The standard InChI is InChI=1S/C19H18N2O3/c1-11-8-9-12(2)15(10-11)18(22)13(3)24-19(23)17-14-6-4-5-7-16(14)20-21-17/h4-10,13H,1-3H3,(H,20,21)/t13-/m0/s1. The number of H-pyrrole nitrogens is 1. The van der Waals surface area contributed by atoms with E-state index in [0.29, 0.717) is 10.9 Å². The van der Waals surface area contributed by atoms with Crippen LogP contribution in [0, 0.1) is 13.8 Å². The van der Waals surface area contributed by atoms with Crippen LogP contribution in [-0.2, 0) is 4.74 Å². The minimum atomic E-state index is -0.881. The van der Waals surface area contributed by atoms with Crippen LogP contribution in [0.1, 0.15) is 38.9 Å². The molecule has 1 heterocycles. The summed E-state index contributed by atoms with van der Waals surface area (Å²) in [4.78, 5) is 24.9. The molecule has 24 heavy (non-hydrogen) atoms. The van der Waals surface area contributed by atoms with Gasteiger partial charge in [0.25, 0.3) is 0 Å². The fraction of sp³-hybridized carbons (Fsp3) is 0.211. The Morgan fingerprint density at radius 1 is 1.12 bits per heavy atom. The molecule has 0 bridgehead atoms.